The maximum Gasteiger partial charge on any atom is 0.373 e. The lowest BCUT2D eigenvalue weighted by molar-refractivity contribution is -0.148. The molecule has 0 aromatic rings. The minimum atomic E-state index is -0.635. The summed E-state index contributed by atoms with van der Waals surface area (Å²) in [5.41, 5.74) is 0. The zero-order valence-electron chi connectivity index (χ0n) is 8.29. The number of esters is 2. The van der Waals surface area contributed by atoms with Gasteiger partial charge in [0.05, 0.1) is 7.11 Å². The van der Waals surface area contributed by atoms with E-state index in [1.165, 1.54) is 20.1 Å². The largest absolute Gasteiger partial charge is 0.463 e. The van der Waals surface area contributed by atoms with E-state index in [1.807, 2.05) is 13.8 Å². The highest BCUT2D eigenvalue weighted by atomic mass is 16.6. The molecule has 0 aliphatic rings. The Morgan fingerprint density at radius 3 is 2.15 bits per heavy atom. The first kappa shape index (κ1) is 11.7. The predicted molar refractivity (Wildman–Crippen MR) is 46.7 cm³/mol. The molecule has 0 aliphatic carbocycles. The van der Waals surface area contributed by atoms with Gasteiger partial charge >= 0.3 is 11.9 Å². The number of allylic oxidation sites excluding steroid dienone is 1. The number of hydrogen-bond acceptors (Lipinski definition) is 4. The van der Waals surface area contributed by atoms with Gasteiger partial charge in [-0.1, -0.05) is 13.8 Å². The Balaban J connectivity index is 4.55. The summed E-state index contributed by atoms with van der Waals surface area (Å²) in [5.74, 6) is -1.10. The number of hydrogen-bond donors (Lipinski definition) is 0. The zero-order valence-corrected chi connectivity index (χ0v) is 8.29. The summed E-state index contributed by atoms with van der Waals surface area (Å²) in [6.07, 6.45) is 1.53. The van der Waals surface area contributed by atoms with Crippen LogP contribution in [0.25, 0.3) is 0 Å². The van der Waals surface area contributed by atoms with Gasteiger partial charge in [0, 0.05) is 6.92 Å². The molecule has 0 saturated carbocycles. The number of ether oxygens (including phenoxy) is 2. The molecule has 0 atom stereocenters. The minimum absolute atomic E-state index is 0.0509. The van der Waals surface area contributed by atoms with Crippen LogP contribution < -0.4 is 0 Å². The summed E-state index contributed by atoms with van der Waals surface area (Å²) in [4.78, 5) is 21.6. The zero-order chi connectivity index (χ0) is 10.4. The van der Waals surface area contributed by atoms with Gasteiger partial charge in [0.25, 0.3) is 0 Å². The van der Waals surface area contributed by atoms with Crippen LogP contribution in [0.15, 0.2) is 11.8 Å². The van der Waals surface area contributed by atoms with Crippen molar-refractivity contribution in [2.75, 3.05) is 7.11 Å². The van der Waals surface area contributed by atoms with Crippen molar-refractivity contribution in [1.82, 2.24) is 0 Å². The molecule has 13 heavy (non-hydrogen) atoms. The fourth-order valence-electron chi connectivity index (χ4n) is 0.702. The molecule has 0 aromatic heterocycles. The van der Waals surface area contributed by atoms with Crippen LogP contribution in [0, 0.1) is 5.92 Å². The average Bonchev–Trinajstić information content (AvgIpc) is 2.00. The Labute approximate surface area is 77.5 Å². The highest BCUT2D eigenvalue weighted by Gasteiger charge is 2.13. The summed E-state index contributed by atoms with van der Waals surface area (Å²) in [6.45, 7) is 4.97. The van der Waals surface area contributed by atoms with Crippen LogP contribution in [0.1, 0.15) is 20.8 Å². The fraction of sp³-hybridized carbons (Fsp3) is 0.556. The quantitative estimate of drug-likeness (QED) is 0.378. The second kappa shape index (κ2) is 5.35. The third kappa shape index (κ3) is 5.00. The van der Waals surface area contributed by atoms with Crippen molar-refractivity contribution in [2.45, 2.75) is 20.8 Å². The van der Waals surface area contributed by atoms with E-state index >= 15 is 0 Å². The molecule has 0 fully saturated rings. The lowest BCUT2D eigenvalue weighted by atomic mass is 10.2. The Morgan fingerprint density at radius 2 is 1.85 bits per heavy atom. The standard InChI is InChI=1S/C9H14O4/c1-6(2)5-8(9(11)12-4)13-7(3)10/h5-6H,1-4H3. The topological polar surface area (TPSA) is 52.6 Å². The first-order valence-corrected chi connectivity index (χ1v) is 3.96. The molecule has 0 amide bonds. The van der Waals surface area contributed by atoms with Crippen LogP contribution in [0.2, 0.25) is 0 Å². The molecule has 4 heteroatoms. The molecular weight excluding hydrogens is 172 g/mol. The smallest absolute Gasteiger partial charge is 0.373 e. The highest BCUT2D eigenvalue weighted by molar-refractivity contribution is 5.89. The summed E-state index contributed by atoms with van der Waals surface area (Å²) in [7, 11) is 1.24. The van der Waals surface area contributed by atoms with Crippen LogP contribution in [-0.4, -0.2) is 19.0 Å². The van der Waals surface area contributed by atoms with Crippen molar-refractivity contribution >= 4 is 11.9 Å². The van der Waals surface area contributed by atoms with Crippen LogP contribution in [0.5, 0.6) is 0 Å². The van der Waals surface area contributed by atoms with Gasteiger partial charge in [0.2, 0.25) is 5.76 Å². The van der Waals surface area contributed by atoms with Crippen molar-refractivity contribution in [2.24, 2.45) is 5.92 Å². The Morgan fingerprint density at radius 1 is 1.31 bits per heavy atom. The van der Waals surface area contributed by atoms with E-state index in [1.54, 1.807) is 0 Å². The van der Waals surface area contributed by atoms with E-state index in [0.29, 0.717) is 0 Å². The molecule has 74 valence electrons. The van der Waals surface area contributed by atoms with Crippen molar-refractivity contribution in [3.8, 4) is 0 Å². The van der Waals surface area contributed by atoms with Gasteiger partial charge in [-0.25, -0.2) is 4.79 Å². The number of methoxy groups -OCH3 is 1. The Bertz CT molecular complexity index is 228. The van der Waals surface area contributed by atoms with E-state index < -0.39 is 11.9 Å². The SMILES string of the molecule is COC(=O)C(=CC(C)C)OC(C)=O. The molecule has 0 rings (SSSR count). The normalized spacial score (nSPS) is 11.3. The van der Waals surface area contributed by atoms with Crippen molar-refractivity contribution in [3.05, 3.63) is 11.8 Å². The third-order valence-corrected chi connectivity index (χ3v) is 1.12. The van der Waals surface area contributed by atoms with E-state index in [4.69, 9.17) is 0 Å². The van der Waals surface area contributed by atoms with Gasteiger partial charge < -0.3 is 9.47 Å². The minimum Gasteiger partial charge on any atom is -0.463 e. The van der Waals surface area contributed by atoms with Gasteiger partial charge in [-0.05, 0) is 12.0 Å². The molecule has 0 radical (unpaired) electrons. The Kier molecular flexibility index (Phi) is 4.80. The van der Waals surface area contributed by atoms with Crippen molar-refractivity contribution in [1.29, 1.82) is 0 Å². The molecule has 0 N–H and O–H groups in total. The van der Waals surface area contributed by atoms with Crippen LogP contribution in [0.4, 0.5) is 0 Å². The van der Waals surface area contributed by atoms with Gasteiger partial charge in [0.15, 0.2) is 0 Å². The maximum atomic E-state index is 11.0. The molecule has 0 heterocycles. The fourth-order valence-corrected chi connectivity index (χ4v) is 0.702. The summed E-state index contributed by atoms with van der Waals surface area (Å²) < 4.78 is 9.09. The van der Waals surface area contributed by atoms with Gasteiger partial charge in [-0.3, -0.25) is 4.79 Å². The van der Waals surface area contributed by atoms with Crippen molar-refractivity contribution < 1.29 is 19.1 Å². The number of rotatable bonds is 3. The third-order valence-electron chi connectivity index (χ3n) is 1.12. The summed E-state index contributed by atoms with van der Waals surface area (Å²) >= 11 is 0. The van der Waals surface area contributed by atoms with Crippen LogP contribution in [-0.2, 0) is 19.1 Å². The lowest BCUT2D eigenvalue weighted by Crippen LogP contribution is -2.12. The molecule has 0 spiro atoms. The molecule has 0 aromatic carbocycles. The summed E-state index contributed by atoms with van der Waals surface area (Å²) in [6, 6.07) is 0. The average molecular weight is 186 g/mol. The van der Waals surface area contributed by atoms with Crippen LogP contribution in [0.3, 0.4) is 0 Å². The molecule has 0 saturated heterocycles. The van der Waals surface area contributed by atoms with Gasteiger partial charge in [-0.15, -0.1) is 0 Å². The predicted octanol–water partition coefficient (Wildman–Crippen LogP) is 1.26. The van der Waals surface area contributed by atoms with E-state index in [2.05, 4.69) is 9.47 Å². The first-order valence-electron chi connectivity index (χ1n) is 3.96. The number of carbonyl (C=O) groups excluding carboxylic acids is 2. The molecular formula is C9H14O4. The van der Waals surface area contributed by atoms with Gasteiger partial charge in [-0.2, -0.15) is 0 Å². The first-order chi connectivity index (χ1) is 5.97. The Hall–Kier alpha value is -1.32. The van der Waals surface area contributed by atoms with Crippen molar-refractivity contribution in [3.63, 3.8) is 0 Å². The van der Waals surface area contributed by atoms with E-state index in [0.717, 1.165) is 0 Å². The van der Waals surface area contributed by atoms with E-state index in [-0.39, 0.29) is 11.7 Å². The number of carbonyl (C=O) groups is 2. The van der Waals surface area contributed by atoms with E-state index in [9.17, 15) is 9.59 Å². The van der Waals surface area contributed by atoms with Crippen LogP contribution >= 0.6 is 0 Å². The monoisotopic (exact) mass is 186 g/mol. The summed E-state index contributed by atoms with van der Waals surface area (Å²) in [5, 5.41) is 0. The lowest BCUT2D eigenvalue weighted by Gasteiger charge is -2.05. The van der Waals surface area contributed by atoms with Gasteiger partial charge in [0.1, 0.15) is 0 Å². The molecule has 0 bridgehead atoms. The second-order valence-corrected chi connectivity index (χ2v) is 2.86. The molecule has 4 nitrogen and oxygen atoms in total. The highest BCUT2D eigenvalue weighted by Crippen LogP contribution is 2.06. The molecule has 0 aliphatic heterocycles. The maximum absolute atomic E-state index is 11.0. The molecule has 0 unspecified atom stereocenters. The second-order valence-electron chi connectivity index (χ2n) is 2.86.